The number of ether oxygens (including phenoxy) is 2. The number of amides is 2. The largest absolute Gasteiger partial charge is 0.464 e. The highest BCUT2D eigenvalue weighted by Crippen LogP contribution is 2.18. The highest BCUT2D eigenvalue weighted by molar-refractivity contribution is 5.88. The summed E-state index contributed by atoms with van der Waals surface area (Å²) in [6.07, 6.45) is 0. The van der Waals surface area contributed by atoms with Crippen LogP contribution in [0, 0.1) is 0 Å². The predicted molar refractivity (Wildman–Crippen MR) is 192 cm³/mol. The van der Waals surface area contributed by atoms with Gasteiger partial charge in [0, 0.05) is 58.9 Å². The van der Waals surface area contributed by atoms with Gasteiger partial charge in [0.25, 0.3) is 0 Å². The number of hydrogen-bond acceptors (Lipinski definition) is 13. The van der Waals surface area contributed by atoms with Crippen LogP contribution in [0.3, 0.4) is 0 Å². The number of hydrogen-bond donors (Lipinski definition) is 2. The van der Waals surface area contributed by atoms with Crippen LogP contribution in [0.4, 0.5) is 0 Å². The molecule has 0 radical (unpaired) electrons. The van der Waals surface area contributed by atoms with E-state index in [1.54, 1.807) is 52.0 Å². The number of pyridine rings is 1. The van der Waals surface area contributed by atoms with E-state index in [1.165, 1.54) is 0 Å². The molecule has 0 unspecified atom stereocenters. The normalized spacial score (nSPS) is 17.2. The Morgan fingerprint density at radius 3 is 1.80 bits per heavy atom. The molecule has 0 bridgehead atoms. The first-order valence-corrected chi connectivity index (χ1v) is 17.6. The van der Waals surface area contributed by atoms with E-state index in [0.29, 0.717) is 81.0 Å². The number of fused-ring (bicyclic) bond motifs is 2. The van der Waals surface area contributed by atoms with Crippen molar-refractivity contribution in [3.05, 3.63) is 52.3 Å². The Kier molecular flexibility index (Phi) is 14.8. The summed E-state index contributed by atoms with van der Waals surface area (Å²) in [5.74, 6) is -1.51. The van der Waals surface area contributed by atoms with Crippen LogP contribution in [0.15, 0.2) is 45.6 Å². The zero-order valence-corrected chi connectivity index (χ0v) is 30.3. The van der Waals surface area contributed by atoms with Crippen LogP contribution in [0.25, 0.3) is 22.1 Å². The first kappa shape index (κ1) is 39.3. The van der Waals surface area contributed by atoms with E-state index >= 15 is 0 Å². The summed E-state index contributed by atoms with van der Waals surface area (Å²) >= 11 is 0. The number of rotatable bonds is 12. The molecule has 51 heavy (non-hydrogen) atoms. The van der Waals surface area contributed by atoms with Gasteiger partial charge in [0.15, 0.2) is 0 Å². The van der Waals surface area contributed by atoms with Gasteiger partial charge in [-0.25, -0.2) is 14.6 Å². The fraction of sp³-hybridized carbons (Fsp3) is 0.556. The van der Waals surface area contributed by atoms with Crippen LogP contribution in [-0.4, -0.2) is 146 Å². The molecule has 1 saturated heterocycles. The third-order valence-electron chi connectivity index (χ3n) is 8.72. The summed E-state index contributed by atoms with van der Waals surface area (Å²) in [4.78, 5) is 76.5. The Labute approximate surface area is 298 Å². The maximum absolute atomic E-state index is 13.1. The highest BCUT2D eigenvalue weighted by Gasteiger charge is 2.23. The minimum absolute atomic E-state index is 0.100. The molecule has 2 atom stereocenters. The monoisotopic (exact) mass is 709 g/mol. The van der Waals surface area contributed by atoms with E-state index in [2.05, 4.69) is 30.2 Å². The molecule has 2 amide bonds. The van der Waals surface area contributed by atoms with Crippen molar-refractivity contribution in [2.75, 3.05) is 85.7 Å². The zero-order valence-electron chi connectivity index (χ0n) is 30.3. The van der Waals surface area contributed by atoms with Crippen molar-refractivity contribution in [2.45, 2.75) is 46.3 Å². The molecule has 3 heterocycles. The Balaban J connectivity index is 1.52. The molecule has 0 aliphatic carbocycles. The van der Waals surface area contributed by atoms with Gasteiger partial charge >= 0.3 is 11.9 Å². The molecular formula is C36H51N7O8. The molecule has 2 aromatic heterocycles. The molecule has 1 fully saturated rings. The number of nitrogens with zero attached hydrogens (tertiary/aromatic N) is 5. The van der Waals surface area contributed by atoms with E-state index < -0.39 is 24.0 Å². The first-order valence-electron chi connectivity index (χ1n) is 17.6. The molecule has 4 rings (SSSR count). The van der Waals surface area contributed by atoms with E-state index in [1.807, 2.05) is 19.2 Å². The Bertz CT molecular complexity index is 1660. The van der Waals surface area contributed by atoms with Crippen LogP contribution in [0.1, 0.15) is 33.4 Å². The smallest absolute Gasteiger partial charge is 0.328 e. The second-order valence-electron chi connectivity index (χ2n) is 12.8. The molecule has 0 saturated carbocycles. The maximum atomic E-state index is 13.1. The molecule has 1 aliphatic heterocycles. The summed E-state index contributed by atoms with van der Waals surface area (Å²) in [5, 5.41) is 6.38. The van der Waals surface area contributed by atoms with Crippen molar-refractivity contribution < 1.29 is 33.1 Å². The molecule has 15 heteroatoms. The summed E-state index contributed by atoms with van der Waals surface area (Å²) in [7, 11) is 1.99. The maximum Gasteiger partial charge on any atom is 0.328 e. The van der Waals surface area contributed by atoms with Gasteiger partial charge in [0.1, 0.15) is 17.7 Å². The van der Waals surface area contributed by atoms with Gasteiger partial charge in [-0.3, -0.25) is 29.1 Å². The van der Waals surface area contributed by atoms with Gasteiger partial charge in [-0.1, -0.05) is 12.1 Å². The van der Waals surface area contributed by atoms with Crippen LogP contribution in [0.2, 0.25) is 0 Å². The van der Waals surface area contributed by atoms with E-state index in [9.17, 15) is 24.0 Å². The number of carbonyl (C=O) groups is 4. The van der Waals surface area contributed by atoms with Gasteiger partial charge in [0.05, 0.1) is 42.8 Å². The van der Waals surface area contributed by atoms with Crippen LogP contribution in [-0.2, 0) is 35.2 Å². The molecule has 2 N–H and O–H groups in total. The molecule has 3 aromatic rings. The molecule has 278 valence electrons. The summed E-state index contributed by atoms with van der Waals surface area (Å²) in [6.45, 7) is 12.5. The molecule has 1 aromatic carbocycles. The number of carbonyl (C=O) groups excluding carboxylic acids is 4. The van der Waals surface area contributed by atoms with E-state index in [0.717, 1.165) is 0 Å². The van der Waals surface area contributed by atoms with Crippen LogP contribution in [0.5, 0.6) is 0 Å². The average molecular weight is 710 g/mol. The summed E-state index contributed by atoms with van der Waals surface area (Å²) in [6, 6.07) is 9.12. The van der Waals surface area contributed by atoms with E-state index in [4.69, 9.17) is 18.9 Å². The lowest BCUT2D eigenvalue weighted by Crippen LogP contribution is -2.50. The molecule has 0 spiro atoms. The Morgan fingerprint density at radius 2 is 1.25 bits per heavy atom. The van der Waals surface area contributed by atoms with Gasteiger partial charge in [-0.2, -0.15) is 0 Å². The SMILES string of the molecule is CCOC(=O)[C@@H](C)NC(=O)CN1CCN(C)CCN(CC(=O)N[C@H](C)C(=O)OCC)CCN(Cc2ccc3c(=O)c4ccccc4oc3n2)CC1. The molecular weight excluding hydrogens is 658 g/mol. The number of esters is 2. The van der Waals surface area contributed by atoms with Crippen molar-refractivity contribution in [1.82, 2.24) is 35.2 Å². The predicted octanol–water partition coefficient (Wildman–Crippen LogP) is 0.828. The number of likely N-dealkylation sites (N-methyl/N-ethyl adjacent to an activating group) is 1. The second kappa shape index (κ2) is 19.2. The average Bonchev–Trinajstić information content (AvgIpc) is 3.09. The lowest BCUT2D eigenvalue weighted by Gasteiger charge is -2.33. The lowest BCUT2D eigenvalue weighted by molar-refractivity contribution is -0.147. The third-order valence-corrected chi connectivity index (χ3v) is 8.72. The second-order valence-corrected chi connectivity index (χ2v) is 12.8. The Hall–Kier alpha value is -4.44. The van der Waals surface area contributed by atoms with Crippen molar-refractivity contribution in [1.29, 1.82) is 0 Å². The minimum Gasteiger partial charge on any atom is -0.464 e. The van der Waals surface area contributed by atoms with Crippen molar-refractivity contribution >= 4 is 45.8 Å². The lowest BCUT2D eigenvalue weighted by atomic mass is 10.2. The highest BCUT2D eigenvalue weighted by atomic mass is 16.5. The first-order chi connectivity index (χ1) is 24.5. The topological polar surface area (TPSA) is 167 Å². The van der Waals surface area contributed by atoms with Crippen molar-refractivity contribution in [3.63, 3.8) is 0 Å². The van der Waals surface area contributed by atoms with Crippen LogP contribution < -0.4 is 16.1 Å². The number of para-hydroxylation sites is 1. The fourth-order valence-corrected chi connectivity index (χ4v) is 5.78. The van der Waals surface area contributed by atoms with E-state index in [-0.39, 0.29) is 49.3 Å². The third kappa shape index (κ3) is 11.8. The quantitative estimate of drug-likeness (QED) is 0.201. The number of nitrogens with one attached hydrogen (secondary N) is 2. The van der Waals surface area contributed by atoms with Crippen molar-refractivity contribution in [3.8, 4) is 0 Å². The van der Waals surface area contributed by atoms with Gasteiger partial charge in [-0.15, -0.1) is 0 Å². The summed E-state index contributed by atoms with van der Waals surface area (Å²) in [5.41, 5.74) is 1.29. The standard InChI is InChI=1S/C36H51N7O8/c1-6-49-35(47)25(3)37-31(44)23-42-16-14-40(5)15-17-43(24-32(45)38-26(4)36(48)50-7-2)21-19-41(18-20-42)22-27-12-13-29-33(46)28-10-8-9-11-30(28)51-34(29)39-27/h8-13,25-26H,6-7,14-24H2,1-5H3,(H,37,44)(H,38,45)/t25-,26-/m1/s1. The van der Waals surface area contributed by atoms with Crippen molar-refractivity contribution in [2.24, 2.45) is 0 Å². The Morgan fingerprint density at radius 1 is 0.745 bits per heavy atom. The van der Waals surface area contributed by atoms with Gasteiger partial charge in [0.2, 0.25) is 23.0 Å². The molecule has 15 nitrogen and oxygen atoms in total. The van der Waals surface area contributed by atoms with Gasteiger partial charge in [-0.05, 0) is 59.0 Å². The molecule has 1 aliphatic rings. The van der Waals surface area contributed by atoms with Gasteiger partial charge < -0.3 is 29.4 Å². The number of benzene rings is 1. The number of aromatic nitrogens is 1. The summed E-state index contributed by atoms with van der Waals surface area (Å²) < 4.78 is 16.1. The zero-order chi connectivity index (χ0) is 36.9. The minimum atomic E-state index is -0.760. The fourth-order valence-electron chi connectivity index (χ4n) is 5.78. The van der Waals surface area contributed by atoms with Crippen LogP contribution >= 0.6 is 0 Å².